The van der Waals surface area contributed by atoms with Crippen molar-refractivity contribution in [2.75, 3.05) is 0 Å². The molecule has 8 nitrogen and oxygen atoms in total. The fraction of sp³-hybridized carbons (Fsp3) is 0.0732. The van der Waals surface area contributed by atoms with Gasteiger partial charge in [-0.15, -0.1) is 0 Å². The molecule has 59 heavy (non-hydrogen) atoms. The van der Waals surface area contributed by atoms with Crippen LogP contribution in [0.4, 0.5) is 43.9 Å². The van der Waals surface area contributed by atoms with Gasteiger partial charge in [-0.05, 0) is 84.9 Å². The molecule has 2 N–H and O–H groups in total. The molecule has 6 heterocycles. The quantitative estimate of drug-likeness (QED) is 0.148. The first-order chi connectivity index (χ1) is 28.1. The van der Waals surface area contributed by atoms with Gasteiger partial charge in [-0.2, -0.15) is 36.5 Å². The Labute approximate surface area is 325 Å². The number of alkyl halides is 6. The van der Waals surface area contributed by atoms with E-state index in [9.17, 15) is 35.1 Å². The molecule has 0 saturated carbocycles. The highest BCUT2D eigenvalue weighted by Crippen LogP contribution is 2.45. The molecular weight excluding hydrogens is 794 g/mol. The van der Waals surface area contributed by atoms with Crippen LogP contribution in [0, 0.1) is 23.3 Å². The number of nitrogens with zero attached hydrogens (tertiary/aromatic N) is 6. The van der Waals surface area contributed by atoms with Crippen molar-refractivity contribution in [1.82, 2.24) is 40.3 Å². The van der Waals surface area contributed by atoms with Crippen molar-refractivity contribution in [3.8, 4) is 45.3 Å². The van der Waals surface area contributed by atoms with Crippen LogP contribution in [0.1, 0.15) is 34.2 Å². The van der Waals surface area contributed by atoms with E-state index in [1.807, 2.05) is 10.2 Å². The Bertz CT molecular complexity index is 2650. The van der Waals surface area contributed by atoms with E-state index in [2.05, 4.69) is 10.2 Å². The zero-order valence-electron chi connectivity index (χ0n) is 29.5. The van der Waals surface area contributed by atoms with Crippen molar-refractivity contribution in [1.29, 1.82) is 0 Å². The van der Waals surface area contributed by atoms with Gasteiger partial charge in [0.15, 0.2) is 0 Å². The number of benzene rings is 2. The summed E-state index contributed by atoms with van der Waals surface area (Å²) >= 11 is 0. The lowest BCUT2D eigenvalue weighted by molar-refractivity contribution is -0.142. The first-order valence-electron chi connectivity index (χ1n) is 17.2. The van der Waals surface area contributed by atoms with Crippen molar-refractivity contribution in [3.05, 3.63) is 179 Å². The summed E-state index contributed by atoms with van der Waals surface area (Å²) in [6.07, 6.45) is -9.59. The highest BCUT2D eigenvalue weighted by molar-refractivity contribution is 5.66. The largest absolute Gasteiger partial charge is 0.432 e. The van der Waals surface area contributed by atoms with Crippen LogP contribution in [0.2, 0.25) is 0 Å². The lowest BCUT2D eigenvalue weighted by Gasteiger charge is -2.33. The van der Waals surface area contributed by atoms with Crippen LogP contribution in [0.25, 0.3) is 45.3 Å². The topological polar surface area (TPSA) is 109 Å². The van der Waals surface area contributed by atoms with E-state index in [4.69, 9.17) is 19.9 Å². The third-order valence-electron chi connectivity index (χ3n) is 9.24. The number of halogens is 10. The van der Waals surface area contributed by atoms with Crippen LogP contribution in [0.15, 0.2) is 121 Å². The van der Waals surface area contributed by atoms with Crippen LogP contribution in [0.3, 0.4) is 0 Å². The normalized spacial score (nSPS) is 12.2. The summed E-state index contributed by atoms with van der Waals surface area (Å²) in [7, 11) is 0. The minimum absolute atomic E-state index is 0.0340. The third-order valence-corrected chi connectivity index (χ3v) is 9.24. The molecule has 0 saturated heterocycles. The van der Waals surface area contributed by atoms with E-state index in [-0.39, 0.29) is 68.1 Å². The molecule has 0 radical (unpaired) electrons. The van der Waals surface area contributed by atoms with Gasteiger partial charge in [0.25, 0.3) is 0 Å². The Balaban J connectivity index is 1.46. The molecule has 0 amide bonds. The van der Waals surface area contributed by atoms with Gasteiger partial charge in [0.05, 0.1) is 45.6 Å². The number of aromatic amines is 2. The standard InChI is InChI=1S/C41H22F10N8/c42-21-13-15-23(25(44)17-21)27-5-1-9-33(52-27)39(34-10-2-6-28(53-34)24-16-14-22(43)18-26(24)45,35-11-3-7-29(54-35)31-19-37(58-56-31)40(46,47)48)36-12-4-8-30(55-36)32-20-38(59-57-32)41(49,50)51/h1-20H,(H,56,58)(H,57,59). The average Bonchev–Trinajstić information content (AvgIpc) is 3.91. The highest BCUT2D eigenvalue weighted by Gasteiger charge is 2.45. The number of nitrogens with one attached hydrogen (secondary N) is 2. The second-order valence-electron chi connectivity index (χ2n) is 13.0. The summed E-state index contributed by atoms with van der Waals surface area (Å²) in [6.45, 7) is 0. The molecule has 0 unspecified atom stereocenters. The Hall–Kier alpha value is -7.24. The predicted molar refractivity (Wildman–Crippen MR) is 192 cm³/mol. The minimum atomic E-state index is -4.80. The Morgan fingerprint density at radius 1 is 0.373 bits per heavy atom. The van der Waals surface area contributed by atoms with Gasteiger partial charge in [-0.3, -0.25) is 20.2 Å². The summed E-state index contributed by atoms with van der Waals surface area (Å²) in [5.74, 6) is -3.70. The number of hydrogen-bond acceptors (Lipinski definition) is 6. The third kappa shape index (κ3) is 7.28. The van der Waals surface area contributed by atoms with Gasteiger partial charge >= 0.3 is 12.4 Å². The van der Waals surface area contributed by atoms with E-state index >= 15 is 8.78 Å². The van der Waals surface area contributed by atoms with E-state index in [0.717, 1.165) is 36.4 Å². The van der Waals surface area contributed by atoms with Crippen LogP contribution in [-0.2, 0) is 17.8 Å². The second-order valence-corrected chi connectivity index (χ2v) is 13.0. The molecule has 296 valence electrons. The van der Waals surface area contributed by atoms with Gasteiger partial charge in [-0.25, -0.2) is 27.5 Å². The number of hydrogen-bond donors (Lipinski definition) is 2. The van der Waals surface area contributed by atoms with Gasteiger partial charge in [0, 0.05) is 23.3 Å². The second kappa shape index (κ2) is 14.6. The lowest BCUT2D eigenvalue weighted by atomic mass is 9.73. The van der Waals surface area contributed by atoms with Gasteiger partial charge < -0.3 is 0 Å². The maximum Gasteiger partial charge on any atom is 0.432 e. The summed E-state index contributed by atoms with van der Waals surface area (Å²) in [5.41, 5.74) is -5.62. The summed E-state index contributed by atoms with van der Waals surface area (Å²) in [6, 6.07) is 24.3. The van der Waals surface area contributed by atoms with E-state index < -0.39 is 52.4 Å². The summed E-state index contributed by atoms with van der Waals surface area (Å²) in [4.78, 5) is 19.1. The minimum Gasteiger partial charge on any atom is -0.273 e. The molecule has 0 fully saturated rings. The molecule has 0 bridgehead atoms. The van der Waals surface area contributed by atoms with Gasteiger partial charge in [-0.1, -0.05) is 24.3 Å². The molecule has 0 aliphatic carbocycles. The maximum atomic E-state index is 15.3. The average molecular weight is 817 g/mol. The molecular formula is C41H22F10N8. The monoisotopic (exact) mass is 816 g/mol. The Kier molecular flexibility index (Phi) is 9.56. The smallest absolute Gasteiger partial charge is 0.273 e. The fourth-order valence-corrected chi connectivity index (χ4v) is 6.54. The predicted octanol–water partition coefficient (Wildman–Crippen LogP) is 10.4. The van der Waals surface area contributed by atoms with Gasteiger partial charge in [0.1, 0.15) is 51.5 Å². The SMILES string of the molecule is Fc1ccc(-c2cccc(C(c3cccc(-c4cc(C(F)(F)F)[nH]n4)n3)(c3cccc(-c4cc(C(F)(F)F)[nH]n4)n3)c3cccc(-c4ccc(F)cc4F)n3)n2)c(F)c1. The van der Waals surface area contributed by atoms with Crippen LogP contribution in [0.5, 0.6) is 0 Å². The zero-order valence-corrected chi connectivity index (χ0v) is 29.5. The van der Waals surface area contributed by atoms with Crippen LogP contribution < -0.4 is 0 Å². The first-order valence-corrected chi connectivity index (χ1v) is 17.2. The van der Waals surface area contributed by atoms with Crippen LogP contribution >= 0.6 is 0 Å². The van der Waals surface area contributed by atoms with Gasteiger partial charge in [0.2, 0.25) is 0 Å². The maximum absolute atomic E-state index is 15.3. The van der Waals surface area contributed by atoms with E-state index in [0.29, 0.717) is 12.1 Å². The molecule has 0 atom stereocenters. The van der Waals surface area contributed by atoms with Crippen molar-refractivity contribution < 1.29 is 43.9 Å². The number of aromatic nitrogens is 8. The lowest BCUT2D eigenvalue weighted by Crippen LogP contribution is -2.35. The van der Waals surface area contributed by atoms with Crippen molar-refractivity contribution in [2.24, 2.45) is 0 Å². The van der Waals surface area contributed by atoms with Crippen LogP contribution in [-0.4, -0.2) is 40.3 Å². The molecule has 18 heteroatoms. The zero-order chi connectivity index (χ0) is 41.7. The van der Waals surface area contributed by atoms with E-state index in [1.165, 1.54) is 72.8 Å². The van der Waals surface area contributed by atoms with Crippen molar-refractivity contribution in [2.45, 2.75) is 17.8 Å². The summed E-state index contributed by atoms with van der Waals surface area (Å²) < 4.78 is 141. The molecule has 8 rings (SSSR count). The molecule has 6 aromatic heterocycles. The summed E-state index contributed by atoms with van der Waals surface area (Å²) in [5, 5.41) is 11.5. The van der Waals surface area contributed by atoms with Crippen molar-refractivity contribution >= 4 is 0 Å². The first kappa shape index (κ1) is 38.6. The fourth-order valence-electron chi connectivity index (χ4n) is 6.54. The number of rotatable bonds is 8. The number of pyridine rings is 4. The highest BCUT2D eigenvalue weighted by atomic mass is 19.4. The van der Waals surface area contributed by atoms with E-state index in [1.54, 1.807) is 0 Å². The Morgan fingerprint density at radius 3 is 1.03 bits per heavy atom. The molecule has 8 aromatic rings. The molecule has 0 aliphatic heterocycles. The molecule has 0 aliphatic rings. The van der Waals surface area contributed by atoms with Crippen molar-refractivity contribution in [3.63, 3.8) is 0 Å². The molecule has 2 aromatic carbocycles. The molecule has 0 spiro atoms. The Morgan fingerprint density at radius 2 is 0.712 bits per heavy atom. The number of H-pyrrole nitrogens is 2.